The Hall–Kier alpha value is -2.58. The summed E-state index contributed by atoms with van der Waals surface area (Å²) in [5.41, 5.74) is -2.07. The summed E-state index contributed by atoms with van der Waals surface area (Å²) in [6.45, 7) is 1.49. The first-order valence-corrected chi connectivity index (χ1v) is 8.24. The van der Waals surface area contributed by atoms with Crippen molar-refractivity contribution in [3.05, 3.63) is 29.8 Å². The molecule has 3 rings (SSSR count). The van der Waals surface area contributed by atoms with E-state index in [1.165, 1.54) is 12.1 Å². The first-order chi connectivity index (χ1) is 12.3. The number of alkyl halides is 3. The molecule has 1 N–H and O–H groups in total. The molecule has 26 heavy (non-hydrogen) atoms. The molecule has 1 saturated carbocycles. The minimum absolute atomic E-state index is 0.00896. The predicted octanol–water partition coefficient (Wildman–Crippen LogP) is 1.72. The van der Waals surface area contributed by atoms with Crippen molar-refractivity contribution in [1.29, 1.82) is 0 Å². The smallest absolute Gasteiger partial charge is 0.342 e. The van der Waals surface area contributed by atoms with Crippen LogP contribution in [0.4, 0.5) is 18.9 Å². The number of benzene rings is 1. The van der Waals surface area contributed by atoms with Crippen LogP contribution in [0.2, 0.25) is 0 Å². The van der Waals surface area contributed by atoms with Crippen molar-refractivity contribution in [3.63, 3.8) is 0 Å². The van der Waals surface area contributed by atoms with Crippen LogP contribution in [0.5, 0.6) is 0 Å². The van der Waals surface area contributed by atoms with Crippen LogP contribution in [-0.4, -0.2) is 54.2 Å². The summed E-state index contributed by atoms with van der Waals surface area (Å²) >= 11 is 0. The highest BCUT2D eigenvalue weighted by atomic mass is 19.4. The van der Waals surface area contributed by atoms with Crippen molar-refractivity contribution in [3.8, 4) is 0 Å². The number of nitrogens with one attached hydrogen (secondary N) is 1. The van der Waals surface area contributed by atoms with Crippen molar-refractivity contribution in [1.82, 2.24) is 9.80 Å². The molecule has 1 saturated heterocycles. The van der Waals surface area contributed by atoms with Crippen LogP contribution in [0.25, 0.3) is 0 Å². The molecular formula is C17H18F3N3O3. The van der Waals surface area contributed by atoms with E-state index in [4.69, 9.17) is 0 Å². The molecule has 3 amide bonds. The van der Waals surface area contributed by atoms with Crippen LogP contribution < -0.4 is 5.32 Å². The van der Waals surface area contributed by atoms with Crippen LogP contribution >= 0.6 is 0 Å². The molecular weight excluding hydrogens is 351 g/mol. The van der Waals surface area contributed by atoms with Gasteiger partial charge in [-0.05, 0) is 31.0 Å². The number of hydrogen-bond donors (Lipinski definition) is 1. The minimum Gasteiger partial charge on any atom is -0.342 e. The van der Waals surface area contributed by atoms with E-state index in [-0.39, 0.29) is 11.6 Å². The number of hydrogen-bond acceptors (Lipinski definition) is 3. The van der Waals surface area contributed by atoms with E-state index in [9.17, 15) is 27.6 Å². The Kier molecular flexibility index (Phi) is 4.64. The van der Waals surface area contributed by atoms with Crippen LogP contribution in [0, 0.1) is 5.41 Å². The van der Waals surface area contributed by atoms with E-state index in [1.807, 2.05) is 0 Å². The number of amides is 3. The Morgan fingerprint density at radius 3 is 2.31 bits per heavy atom. The fourth-order valence-corrected chi connectivity index (χ4v) is 3.02. The summed E-state index contributed by atoms with van der Waals surface area (Å²) in [7, 11) is 0. The van der Waals surface area contributed by atoms with Crippen molar-refractivity contribution in [2.24, 2.45) is 5.41 Å². The fourth-order valence-electron chi connectivity index (χ4n) is 3.02. The van der Waals surface area contributed by atoms with Gasteiger partial charge in [-0.2, -0.15) is 13.2 Å². The Balaban J connectivity index is 1.68. The maximum Gasteiger partial charge on any atom is 0.416 e. The van der Waals surface area contributed by atoms with Gasteiger partial charge < -0.3 is 15.1 Å². The van der Waals surface area contributed by atoms with Gasteiger partial charge in [0, 0.05) is 31.9 Å². The average Bonchev–Trinajstić information content (AvgIpc) is 3.43. The topological polar surface area (TPSA) is 69.7 Å². The summed E-state index contributed by atoms with van der Waals surface area (Å²) < 4.78 is 38.3. The second kappa shape index (κ2) is 6.62. The molecule has 6 nitrogen and oxygen atoms in total. The van der Waals surface area contributed by atoms with E-state index in [0.717, 1.165) is 18.5 Å². The summed E-state index contributed by atoms with van der Waals surface area (Å²) in [5.74, 6) is -0.910. The third kappa shape index (κ3) is 3.51. The Morgan fingerprint density at radius 2 is 1.77 bits per heavy atom. The van der Waals surface area contributed by atoms with E-state index < -0.39 is 23.1 Å². The normalized spacial score (nSPS) is 19.0. The van der Waals surface area contributed by atoms with Gasteiger partial charge in [-0.25, -0.2) is 0 Å². The minimum atomic E-state index is -4.51. The van der Waals surface area contributed by atoms with Gasteiger partial charge in [-0.1, -0.05) is 6.07 Å². The van der Waals surface area contributed by atoms with E-state index in [2.05, 4.69) is 5.32 Å². The third-order valence-electron chi connectivity index (χ3n) is 4.79. The number of nitrogens with zero attached hydrogens (tertiary/aromatic N) is 2. The second-order valence-corrected chi connectivity index (χ2v) is 6.55. The highest BCUT2D eigenvalue weighted by Crippen LogP contribution is 2.48. The van der Waals surface area contributed by atoms with Crippen LogP contribution in [0.1, 0.15) is 18.4 Å². The number of piperazine rings is 1. The van der Waals surface area contributed by atoms with Gasteiger partial charge in [-0.15, -0.1) is 0 Å². The molecule has 0 unspecified atom stereocenters. The van der Waals surface area contributed by atoms with Crippen LogP contribution in [0.15, 0.2) is 24.3 Å². The van der Waals surface area contributed by atoms with Gasteiger partial charge >= 0.3 is 6.18 Å². The number of halogens is 3. The van der Waals surface area contributed by atoms with Crippen molar-refractivity contribution in [2.45, 2.75) is 19.0 Å². The molecule has 140 valence electrons. The molecule has 0 radical (unpaired) electrons. The summed E-state index contributed by atoms with van der Waals surface area (Å²) in [4.78, 5) is 39.1. The molecule has 1 heterocycles. The van der Waals surface area contributed by atoms with Gasteiger partial charge in [-0.3, -0.25) is 14.4 Å². The van der Waals surface area contributed by atoms with Crippen molar-refractivity contribution >= 4 is 23.9 Å². The molecule has 0 aromatic heterocycles. The molecule has 1 aromatic carbocycles. The van der Waals surface area contributed by atoms with E-state index >= 15 is 0 Å². The predicted molar refractivity (Wildman–Crippen MR) is 86.0 cm³/mol. The van der Waals surface area contributed by atoms with Crippen LogP contribution in [0.3, 0.4) is 0 Å². The van der Waals surface area contributed by atoms with Gasteiger partial charge in [0.1, 0.15) is 5.41 Å². The molecule has 2 aliphatic rings. The van der Waals surface area contributed by atoms with Gasteiger partial charge in [0.2, 0.25) is 18.2 Å². The highest BCUT2D eigenvalue weighted by molar-refractivity contribution is 6.13. The van der Waals surface area contributed by atoms with Gasteiger partial charge in [0.05, 0.1) is 5.56 Å². The van der Waals surface area contributed by atoms with Crippen LogP contribution in [-0.2, 0) is 20.6 Å². The lowest BCUT2D eigenvalue weighted by Gasteiger charge is -2.34. The first-order valence-electron chi connectivity index (χ1n) is 8.24. The molecule has 2 fully saturated rings. The third-order valence-corrected chi connectivity index (χ3v) is 4.79. The van der Waals surface area contributed by atoms with E-state index in [0.29, 0.717) is 39.0 Å². The molecule has 0 spiro atoms. The maximum absolute atomic E-state index is 12.8. The average molecular weight is 369 g/mol. The quantitative estimate of drug-likeness (QED) is 0.649. The van der Waals surface area contributed by atoms with Gasteiger partial charge in [0.15, 0.2) is 0 Å². The Labute approximate surface area is 147 Å². The largest absolute Gasteiger partial charge is 0.416 e. The highest BCUT2D eigenvalue weighted by Gasteiger charge is 2.58. The number of carbonyl (C=O) groups excluding carboxylic acids is 3. The number of anilines is 1. The Morgan fingerprint density at radius 1 is 1.12 bits per heavy atom. The zero-order valence-electron chi connectivity index (χ0n) is 13.9. The zero-order chi connectivity index (χ0) is 18.9. The van der Waals surface area contributed by atoms with Crippen molar-refractivity contribution < 1.29 is 27.6 Å². The monoisotopic (exact) mass is 369 g/mol. The molecule has 0 bridgehead atoms. The summed E-state index contributed by atoms with van der Waals surface area (Å²) in [5, 5.41) is 2.44. The number of rotatable bonds is 4. The van der Waals surface area contributed by atoms with Crippen molar-refractivity contribution in [2.75, 3.05) is 31.5 Å². The standard InChI is InChI=1S/C17H18F3N3O3/c18-17(19,20)12-2-1-3-13(10-12)21-14(25)16(4-5-16)15(26)23-8-6-22(11-24)7-9-23/h1-3,10-11H,4-9H2,(H,21,25). The molecule has 1 aromatic rings. The second-order valence-electron chi connectivity index (χ2n) is 6.55. The zero-order valence-corrected chi connectivity index (χ0v) is 13.9. The summed E-state index contributed by atoms with van der Waals surface area (Å²) in [6, 6.07) is 4.33. The molecule has 1 aliphatic heterocycles. The fraction of sp³-hybridized carbons (Fsp3) is 0.471. The first kappa shape index (κ1) is 18.2. The molecule has 1 aliphatic carbocycles. The lowest BCUT2D eigenvalue weighted by Crippen LogP contribution is -2.52. The van der Waals surface area contributed by atoms with E-state index in [1.54, 1.807) is 9.80 Å². The number of carbonyl (C=O) groups is 3. The lowest BCUT2D eigenvalue weighted by molar-refractivity contribution is -0.145. The summed E-state index contributed by atoms with van der Waals surface area (Å²) in [6.07, 6.45) is -3.06. The lowest BCUT2D eigenvalue weighted by atomic mass is 10.0. The van der Waals surface area contributed by atoms with Gasteiger partial charge in [0.25, 0.3) is 0 Å². The maximum atomic E-state index is 12.8. The molecule has 9 heteroatoms. The molecule has 0 atom stereocenters. The Bertz CT molecular complexity index is 723. The SMILES string of the molecule is O=CN1CCN(C(=O)C2(C(=O)Nc3cccc(C(F)(F)F)c3)CC2)CC1.